The summed E-state index contributed by atoms with van der Waals surface area (Å²) in [6.45, 7) is 0.406. The second-order valence-corrected chi connectivity index (χ2v) is 3.13. The normalized spacial score (nSPS) is 10.9. The Labute approximate surface area is 81.3 Å². The van der Waals surface area contributed by atoms with Crippen molar-refractivity contribution in [1.82, 2.24) is 4.98 Å². The Morgan fingerprint density at radius 1 is 1.36 bits per heavy atom. The van der Waals surface area contributed by atoms with Crippen molar-refractivity contribution < 1.29 is 9.94 Å². The maximum atomic E-state index is 9.85. The summed E-state index contributed by atoms with van der Waals surface area (Å²) in [7, 11) is 0. The number of benzene rings is 1. The largest absolute Gasteiger partial charge is 0.507 e. The quantitative estimate of drug-likeness (QED) is 0.642. The van der Waals surface area contributed by atoms with Gasteiger partial charge in [-0.3, -0.25) is 0 Å². The predicted octanol–water partition coefficient (Wildman–Crippen LogP) is 1.31. The number of phenolic OH excluding ortho intramolecular Hbond substituents is 1. The topological polar surface area (TPSA) is 71.3 Å². The van der Waals surface area contributed by atoms with E-state index in [1.165, 1.54) is 0 Å². The number of H-pyrrole nitrogens is 1. The lowest BCUT2D eigenvalue weighted by Gasteiger charge is -2.04. The van der Waals surface area contributed by atoms with E-state index < -0.39 is 0 Å². The number of hydrogen-bond acceptors (Lipinski definition) is 3. The van der Waals surface area contributed by atoms with Crippen LogP contribution >= 0.6 is 0 Å². The third kappa shape index (κ3) is 1.45. The van der Waals surface area contributed by atoms with Crippen LogP contribution in [-0.4, -0.2) is 16.7 Å². The van der Waals surface area contributed by atoms with E-state index in [-0.39, 0.29) is 0 Å². The third-order valence-corrected chi connectivity index (χ3v) is 2.28. The van der Waals surface area contributed by atoms with Crippen molar-refractivity contribution in [3.05, 3.63) is 30.0 Å². The van der Waals surface area contributed by atoms with Gasteiger partial charge in [0.15, 0.2) is 0 Å². The number of aromatic amines is 1. The van der Waals surface area contributed by atoms with Crippen LogP contribution in [0.25, 0.3) is 10.9 Å². The minimum absolute atomic E-state index is 0.306. The average molecular weight is 192 g/mol. The van der Waals surface area contributed by atoms with E-state index in [1.807, 2.05) is 18.2 Å². The van der Waals surface area contributed by atoms with E-state index in [4.69, 9.17) is 5.90 Å². The van der Waals surface area contributed by atoms with E-state index in [0.717, 1.165) is 16.5 Å². The lowest BCUT2D eigenvalue weighted by molar-refractivity contribution is 0.141. The van der Waals surface area contributed by atoms with Crippen LogP contribution in [0.2, 0.25) is 0 Å². The minimum Gasteiger partial charge on any atom is -0.507 e. The highest BCUT2D eigenvalue weighted by Gasteiger charge is 2.06. The highest BCUT2D eigenvalue weighted by molar-refractivity contribution is 5.86. The fraction of sp³-hybridized carbons (Fsp3) is 0.200. The van der Waals surface area contributed by atoms with Crippen molar-refractivity contribution >= 4 is 10.9 Å². The van der Waals surface area contributed by atoms with Crippen LogP contribution in [0.1, 0.15) is 5.56 Å². The maximum Gasteiger partial charge on any atom is 0.128 e. The Kier molecular flexibility index (Phi) is 2.39. The number of fused-ring (bicyclic) bond motifs is 1. The summed E-state index contributed by atoms with van der Waals surface area (Å²) >= 11 is 0. The first kappa shape index (κ1) is 9.05. The van der Waals surface area contributed by atoms with E-state index in [0.29, 0.717) is 18.8 Å². The molecule has 74 valence electrons. The number of nitrogens with two attached hydrogens (primary N) is 1. The molecule has 0 aliphatic carbocycles. The van der Waals surface area contributed by atoms with Gasteiger partial charge in [-0.05, 0) is 17.7 Å². The molecule has 1 aromatic carbocycles. The standard InChI is InChI=1S/C10H12N2O2/c11-14-6-4-7-1-2-9-8(10(7)13)3-5-12-9/h1-3,5,12-13H,4,6,11H2. The van der Waals surface area contributed by atoms with Gasteiger partial charge in [0.05, 0.1) is 6.61 Å². The lowest BCUT2D eigenvalue weighted by atomic mass is 10.1. The molecule has 0 amide bonds. The number of hydrogen-bond donors (Lipinski definition) is 3. The Hall–Kier alpha value is -1.52. The van der Waals surface area contributed by atoms with Gasteiger partial charge >= 0.3 is 0 Å². The highest BCUT2D eigenvalue weighted by atomic mass is 16.6. The molecule has 4 nitrogen and oxygen atoms in total. The molecule has 14 heavy (non-hydrogen) atoms. The molecule has 2 rings (SSSR count). The number of nitrogens with one attached hydrogen (secondary N) is 1. The van der Waals surface area contributed by atoms with Crippen LogP contribution in [0.5, 0.6) is 5.75 Å². The highest BCUT2D eigenvalue weighted by Crippen LogP contribution is 2.28. The molecular formula is C10H12N2O2. The van der Waals surface area contributed by atoms with Gasteiger partial charge in [-0.2, -0.15) is 0 Å². The zero-order valence-corrected chi connectivity index (χ0v) is 7.66. The molecular weight excluding hydrogens is 180 g/mol. The number of aromatic hydroxyl groups is 1. The molecule has 0 saturated heterocycles. The number of phenols is 1. The Morgan fingerprint density at radius 2 is 2.21 bits per heavy atom. The van der Waals surface area contributed by atoms with Gasteiger partial charge < -0.3 is 14.9 Å². The summed E-state index contributed by atoms with van der Waals surface area (Å²) in [4.78, 5) is 7.50. The van der Waals surface area contributed by atoms with E-state index in [9.17, 15) is 5.11 Å². The molecule has 0 atom stereocenters. The molecule has 0 bridgehead atoms. The maximum absolute atomic E-state index is 9.85. The first-order valence-corrected chi connectivity index (χ1v) is 4.42. The minimum atomic E-state index is 0.306. The fourth-order valence-electron chi connectivity index (χ4n) is 1.53. The van der Waals surface area contributed by atoms with Crippen molar-refractivity contribution in [3.8, 4) is 5.75 Å². The van der Waals surface area contributed by atoms with Gasteiger partial charge in [0.25, 0.3) is 0 Å². The molecule has 0 saturated carbocycles. The molecule has 4 heteroatoms. The Morgan fingerprint density at radius 3 is 3.00 bits per heavy atom. The molecule has 2 aromatic rings. The summed E-state index contributed by atoms with van der Waals surface area (Å²) in [5, 5.41) is 10.7. The van der Waals surface area contributed by atoms with Crippen LogP contribution in [-0.2, 0) is 11.3 Å². The summed E-state index contributed by atoms with van der Waals surface area (Å²) in [6, 6.07) is 5.64. The Balaban J connectivity index is 2.40. The van der Waals surface area contributed by atoms with Gasteiger partial charge in [0, 0.05) is 23.5 Å². The number of aromatic nitrogens is 1. The van der Waals surface area contributed by atoms with Crippen LogP contribution in [0, 0.1) is 0 Å². The van der Waals surface area contributed by atoms with Gasteiger partial charge in [-0.15, -0.1) is 0 Å². The summed E-state index contributed by atoms with van der Waals surface area (Å²) < 4.78 is 0. The predicted molar refractivity (Wildman–Crippen MR) is 53.8 cm³/mol. The third-order valence-electron chi connectivity index (χ3n) is 2.28. The molecule has 0 unspecified atom stereocenters. The molecule has 0 aliphatic heterocycles. The van der Waals surface area contributed by atoms with Crippen molar-refractivity contribution in [2.75, 3.05) is 6.61 Å². The van der Waals surface area contributed by atoms with Crippen LogP contribution in [0.15, 0.2) is 24.4 Å². The molecule has 0 fully saturated rings. The first-order chi connectivity index (χ1) is 6.83. The first-order valence-electron chi connectivity index (χ1n) is 4.42. The summed E-state index contributed by atoms with van der Waals surface area (Å²) in [5.41, 5.74) is 1.78. The average Bonchev–Trinajstić information content (AvgIpc) is 2.66. The van der Waals surface area contributed by atoms with Crippen molar-refractivity contribution in [2.24, 2.45) is 5.90 Å². The molecule has 0 spiro atoms. The van der Waals surface area contributed by atoms with Crippen LogP contribution in [0.4, 0.5) is 0 Å². The molecule has 0 aliphatic rings. The van der Waals surface area contributed by atoms with Crippen LogP contribution in [0.3, 0.4) is 0 Å². The molecule has 0 radical (unpaired) electrons. The van der Waals surface area contributed by atoms with E-state index in [1.54, 1.807) is 6.20 Å². The molecule has 4 N–H and O–H groups in total. The van der Waals surface area contributed by atoms with Crippen molar-refractivity contribution in [3.63, 3.8) is 0 Å². The molecule has 1 aromatic heterocycles. The number of rotatable bonds is 3. The second-order valence-electron chi connectivity index (χ2n) is 3.13. The zero-order chi connectivity index (χ0) is 9.97. The van der Waals surface area contributed by atoms with E-state index >= 15 is 0 Å². The summed E-state index contributed by atoms with van der Waals surface area (Å²) in [5.74, 6) is 5.24. The van der Waals surface area contributed by atoms with Gasteiger partial charge in [0.1, 0.15) is 5.75 Å². The Bertz CT molecular complexity index is 437. The van der Waals surface area contributed by atoms with Gasteiger partial charge in [0.2, 0.25) is 0 Å². The second kappa shape index (κ2) is 3.69. The monoisotopic (exact) mass is 192 g/mol. The summed E-state index contributed by atoms with van der Waals surface area (Å²) in [6.07, 6.45) is 2.41. The van der Waals surface area contributed by atoms with Crippen molar-refractivity contribution in [2.45, 2.75) is 6.42 Å². The van der Waals surface area contributed by atoms with Crippen molar-refractivity contribution in [1.29, 1.82) is 0 Å². The van der Waals surface area contributed by atoms with Crippen LogP contribution < -0.4 is 5.90 Å². The zero-order valence-electron chi connectivity index (χ0n) is 7.66. The SMILES string of the molecule is NOCCc1ccc2[nH]ccc2c1O. The molecule has 1 heterocycles. The fourth-order valence-corrected chi connectivity index (χ4v) is 1.53. The van der Waals surface area contributed by atoms with Gasteiger partial charge in [-0.1, -0.05) is 6.07 Å². The lowest BCUT2D eigenvalue weighted by Crippen LogP contribution is -2.03. The van der Waals surface area contributed by atoms with Gasteiger partial charge in [-0.25, -0.2) is 5.90 Å². The smallest absolute Gasteiger partial charge is 0.128 e. The van der Waals surface area contributed by atoms with E-state index in [2.05, 4.69) is 9.82 Å².